The van der Waals surface area contributed by atoms with Gasteiger partial charge in [0.05, 0.1) is 13.7 Å². The predicted octanol–water partition coefficient (Wildman–Crippen LogP) is 0.905. The van der Waals surface area contributed by atoms with E-state index in [1.165, 1.54) is 7.11 Å². The van der Waals surface area contributed by atoms with Crippen molar-refractivity contribution in [3.63, 3.8) is 0 Å². The minimum absolute atomic E-state index is 0.199. The van der Waals surface area contributed by atoms with Crippen LogP contribution in [0.4, 0.5) is 0 Å². The van der Waals surface area contributed by atoms with E-state index in [1.807, 2.05) is 20.8 Å². The lowest BCUT2D eigenvalue weighted by Gasteiger charge is -2.31. The van der Waals surface area contributed by atoms with Gasteiger partial charge < -0.3 is 9.47 Å². The molecule has 0 saturated heterocycles. The van der Waals surface area contributed by atoms with Crippen LogP contribution in [-0.2, 0) is 14.3 Å². The molecular weight excluding hydrogens is 182 g/mol. The summed E-state index contributed by atoms with van der Waals surface area (Å²) >= 11 is 0. The van der Waals surface area contributed by atoms with Crippen molar-refractivity contribution in [2.75, 3.05) is 27.4 Å². The Bertz CT molecular complexity index is 173. The number of carbonyl (C=O) groups is 1. The molecule has 0 rings (SSSR count). The zero-order chi connectivity index (χ0) is 11.1. The van der Waals surface area contributed by atoms with Gasteiger partial charge in [0, 0.05) is 13.2 Å². The summed E-state index contributed by atoms with van der Waals surface area (Å²) in [5, 5.41) is 0. The Hall–Kier alpha value is -0.610. The molecule has 4 heteroatoms. The Labute approximate surface area is 86.2 Å². The molecule has 0 amide bonds. The number of carbonyl (C=O) groups excluding carboxylic acids is 1. The lowest BCUT2D eigenvalue weighted by Crippen LogP contribution is -2.46. The molecule has 0 heterocycles. The molecule has 0 aromatic rings. The second-order valence-electron chi connectivity index (χ2n) is 3.33. The highest BCUT2D eigenvalue weighted by Gasteiger charge is 2.24. The van der Waals surface area contributed by atoms with Gasteiger partial charge in [0.25, 0.3) is 0 Å². The van der Waals surface area contributed by atoms with Gasteiger partial charge in [-0.2, -0.15) is 0 Å². The molecule has 0 radical (unpaired) electrons. The fraction of sp³-hybridized carbons (Fsp3) is 0.900. The molecule has 84 valence electrons. The summed E-state index contributed by atoms with van der Waals surface area (Å²) < 4.78 is 9.76. The van der Waals surface area contributed by atoms with E-state index < -0.39 is 0 Å². The third kappa shape index (κ3) is 3.64. The van der Waals surface area contributed by atoms with Gasteiger partial charge in [-0.15, -0.1) is 0 Å². The number of likely N-dealkylation sites (N-methyl/N-ethyl adjacent to an activating group) is 1. The summed E-state index contributed by atoms with van der Waals surface area (Å²) in [5.41, 5.74) is 0. The maximum atomic E-state index is 11.3. The molecule has 0 aromatic carbocycles. The van der Waals surface area contributed by atoms with Crippen LogP contribution < -0.4 is 0 Å². The van der Waals surface area contributed by atoms with Gasteiger partial charge in [-0.05, 0) is 20.4 Å². The van der Waals surface area contributed by atoms with Gasteiger partial charge in [0.2, 0.25) is 0 Å². The highest BCUT2D eigenvalue weighted by molar-refractivity contribution is 5.75. The molecule has 2 unspecified atom stereocenters. The number of hydrogen-bond donors (Lipinski definition) is 0. The van der Waals surface area contributed by atoms with Crippen LogP contribution in [0.15, 0.2) is 0 Å². The van der Waals surface area contributed by atoms with Crippen LogP contribution >= 0.6 is 0 Å². The van der Waals surface area contributed by atoms with Crippen molar-refractivity contribution in [2.24, 2.45) is 0 Å². The molecule has 0 aliphatic carbocycles. The van der Waals surface area contributed by atoms with Crippen LogP contribution in [-0.4, -0.2) is 50.3 Å². The molecule has 2 atom stereocenters. The smallest absolute Gasteiger partial charge is 0.322 e. The van der Waals surface area contributed by atoms with Gasteiger partial charge in [-0.3, -0.25) is 9.69 Å². The van der Waals surface area contributed by atoms with Crippen LogP contribution in [0.2, 0.25) is 0 Å². The third-order valence-corrected chi connectivity index (χ3v) is 2.38. The minimum atomic E-state index is -0.213. The Balaban J connectivity index is 4.30. The van der Waals surface area contributed by atoms with Crippen molar-refractivity contribution in [3.05, 3.63) is 0 Å². The fourth-order valence-corrected chi connectivity index (χ4v) is 1.61. The van der Waals surface area contributed by atoms with Crippen molar-refractivity contribution in [3.8, 4) is 0 Å². The average Bonchev–Trinajstić information content (AvgIpc) is 2.18. The Morgan fingerprint density at radius 2 is 1.93 bits per heavy atom. The summed E-state index contributed by atoms with van der Waals surface area (Å²) in [7, 11) is 3.07. The lowest BCUT2D eigenvalue weighted by atomic mass is 10.2. The summed E-state index contributed by atoms with van der Waals surface area (Å²) in [6.45, 7) is 7.33. The van der Waals surface area contributed by atoms with E-state index in [2.05, 4.69) is 4.90 Å². The quantitative estimate of drug-likeness (QED) is 0.601. The van der Waals surface area contributed by atoms with Crippen molar-refractivity contribution in [1.29, 1.82) is 0 Å². The molecular formula is C10H21NO3. The molecule has 0 N–H and O–H groups in total. The van der Waals surface area contributed by atoms with E-state index in [0.29, 0.717) is 6.61 Å². The predicted molar refractivity (Wildman–Crippen MR) is 55.2 cm³/mol. The molecule has 14 heavy (non-hydrogen) atoms. The zero-order valence-electron chi connectivity index (χ0n) is 9.74. The van der Waals surface area contributed by atoms with Crippen LogP contribution in [0.25, 0.3) is 0 Å². The monoisotopic (exact) mass is 203 g/mol. The average molecular weight is 203 g/mol. The zero-order valence-corrected chi connectivity index (χ0v) is 9.74. The summed E-state index contributed by atoms with van der Waals surface area (Å²) in [5.74, 6) is -0.199. The van der Waals surface area contributed by atoms with Gasteiger partial charge in [-0.25, -0.2) is 0 Å². The number of esters is 1. The minimum Gasteiger partial charge on any atom is -0.468 e. The molecule has 0 aromatic heterocycles. The fourth-order valence-electron chi connectivity index (χ4n) is 1.61. The number of rotatable bonds is 6. The molecule has 0 saturated carbocycles. The maximum Gasteiger partial charge on any atom is 0.322 e. The van der Waals surface area contributed by atoms with Crippen LogP contribution in [0.1, 0.15) is 20.8 Å². The van der Waals surface area contributed by atoms with Crippen molar-refractivity contribution < 1.29 is 14.3 Å². The first-order valence-electron chi connectivity index (χ1n) is 4.90. The van der Waals surface area contributed by atoms with Gasteiger partial charge in [0.15, 0.2) is 0 Å². The maximum absolute atomic E-state index is 11.3. The molecule has 4 nitrogen and oxygen atoms in total. The number of ether oxygens (including phenoxy) is 2. The van der Waals surface area contributed by atoms with Gasteiger partial charge >= 0.3 is 5.97 Å². The summed E-state index contributed by atoms with van der Waals surface area (Å²) in [4.78, 5) is 13.4. The SMILES string of the molecule is CCN(C(C)COC)C(C)C(=O)OC. The normalized spacial score (nSPS) is 15.3. The first-order valence-corrected chi connectivity index (χ1v) is 4.90. The first kappa shape index (κ1) is 13.4. The molecule has 0 bridgehead atoms. The lowest BCUT2D eigenvalue weighted by molar-refractivity contribution is -0.147. The molecule has 0 fully saturated rings. The number of nitrogens with zero attached hydrogens (tertiary/aromatic N) is 1. The van der Waals surface area contributed by atoms with E-state index in [1.54, 1.807) is 7.11 Å². The largest absolute Gasteiger partial charge is 0.468 e. The highest BCUT2D eigenvalue weighted by Crippen LogP contribution is 2.07. The topological polar surface area (TPSA) is 38.8 Å². The number of hydrogen-bond acceptors (Lipinski definition) is 4. The van der Waals surface area contributed by atoms with E-state index in [4.69, 9.17) is 9.47 Å². The van der Waals surface area contributed by atoms with E-state index in [0.717, 1.165) is 6.54 Å². The number of methoxy groups -OCH3 is 2. The summed E-state index contributed by atoms with van der Waals surface area (Å²) in [6.07, 6.45) is 0. The highest BCUT2D eigenvalue weighted by atomic mass is 16.5. The Kier molecular flexibility index (Phi) is 6.49. The van der Waals surface area contributed by atoms with Crippen LogP contribution in [0.5, 0.6) is 0 Å². The van der Waals surface area contributed by atoms with E-state index >= 15 is 0 Å². The Morgan fingerprint density at radius 1 is 1.36 bits per heavy atom. The van der Waals surface area contributed by atoms with E-state index in [9.17, 15) is 4.79 Å². The summed E-state index contributed by atoms with van der Waals surface area (Å²) in [6, 6.07) is 0.00856. The second-order valence-corrected chi connectivity index (χ2v) is 3.33. The van der Waals surface area contributed by atoms with Gasteiger partial charge in [0.1, 0.15) is 6.04 Å². The van der Waals surface area contributed by atoms with E-state index in [-0.39, 0.29) is 18.1 Å². The van der Waals surface area contributed by atoms with Crippen molar-refractivity contribution in [1.82, 2.24) is 4.90 Å². The van der Waals surface area contributed by atoms with Crippen molar-refractivity contribution >= 4 is 5.97 Å². The van der Waals surface area contributed by atoms with Crippen LogP contribution in [0, 0.1) is 0 Å². The van der Waals surface area contributed by atoms with Crippen LogP contribution in [0.3, 0.4) is 0 Å². The van der Waals surface area contributed by atoms with Crippen molar-refractivity contribution in [2.45, 2.75) is 32.9 Å². The second kappa shape index (κ2) is 6.79. The first-order chi connectivity index (χ1) is 6.58. The Morgan fingerprint density at radius 3 is 2.29 bits per heavy atom. The van der Waals surface area contributed by atoms with Gasteiger partial charge in [-0.1, -0.05) is 6.92 Å². The standard InChI is InChI=1S/C10H21NO3/c1-6-11(8(2)7-13-4)9(3)10(12)14-5/h8-9H,6-7H2,1-5H3. The molecule has 0 spiro atoms. The molecule has 0 aliphatic rings. The third-order valence-electron chi connectivity index (χ3n) is 2.38. The molecule has 0 aliphatic heterocycles.